The third-order valence-electron chi connectivity index (χ3n) is 5.06. The van der Waals surface area contributed by atoms with Crippen LogP contribution in [-0.2, 0) is 22.9 Å². The zero-order valence-corrected chi connectivity index (χ0v) is 16.7. The van der Waals surface area contributed by atoms with Crippen molar-refractivity contribution < 1.29 is 13.2 Å². The lowest BCUT2D eigenvalue weighted by Gasteiger charge is -2.16. The Bertz CT molecular complexity index is 893. The van der Waals surface area contributed by atoms with Crippen molar-refractivity contribution in [3.63, 3.8) is 0 Å². The molecule has 0 saturated carbocycles. The fraction of sp³-hybridized carbons (Fsp3) is 0.381. The molecule has 1 heterocycles. The highest BCUT2D eigenvalue weighted by atomic mass is 32.2. The molecule has 1 amide bonds. The highest BCUT2D eigenvalue weighted by Crippen LogP contribution is 2.24. The van der Waals surface area contributed by atoms with Crippen molar-refractivity contribution in [1.82, 2.24) is 4.31 Å². The normalized spacial score (nSPS) is 15.0. The first-order valence-electron chi connectivity index (χ1n) is 9.49. The molecule has 0 radical (unpaired) electrons. The highest BCUT2D eigenvalue weighted by molar-refractivity contribution is 7.89. The second-order valence-corrected chi connectivity index (χ2v) is 8.69. The Morgan fingerprint density at radius 1 is 0.963 bits per heavy atom. The molecule has 1 N–H and O–H groups in total. The van der Waals surface area contributed by atoms with Gasteiger partial charge in [-0.1, -0.05) is 32.0 Å². The molecule has 1 saturated heterocycles. The number of nitrogens with zero attached hydrogens (tertiary/aromatic N) is 1. The number of amides is 1. The van der Waals surface area contributed by atoms with Gasteiger partial charge in [-0.3, -0.25) is 4.79 Å². The second kappa shape index (κ2) is 8.23. The van der Waals surface area contributed by atoms with Gasteiger partial charge in [0.1, 0.15) is 0 Å². The minimum Gasteiger partial charge on any atom is -0.321 e. The Hall–Kier alpha value is -2.18. The number of hydrogen-bond donors (Lipinski definition) is 1. The number of carbonyl (C=O) groups is 1. The van der Waals surface area contributed by atoms with E-state index in [0.717, 1.165) is 42.5 Å². The van der Waals surface area contributed by atoms with Gasteiger partial charge in [0.15, 0.2) is 0 Å². The summed E-state index contributed by atoms with van der Waals surface area (Å²) in [5, 5.41) is 3.01. The molecule has 3 rings (SSSR count). The molecule has 1 aliphatic rings. The summed E-state index contributed by atoms with van der Waals surface area (Å²) in [6.45, 7) is 5.25. The number of nitrogens with one attached hydrogen (secondary N) is 1. The summed E-state index contributed by atoms with van der Waals surface area (Å²) in [5.74, 6) is -0.226. The zero-order chi connectivity index (χ0) is 19.4. The van der Waals surface area contributed by atoms with E-state index in [1.807, 2.05) is 18.2 Å². The third-order valence-corrected chi connectivity index (χ3v) is 6.97. The number of rotatable bonds is 6. The van der Waals surface area contributed by atoms with Gasteiger partial charge in [0, 0.05) is 24.3 Å². The summed E-state index contributed by atoms with van der Waals surface area (Å²) in [6, 6.07) is 12.2. The van der Waals surface area contributed by atoms with Crippen molar-refractivity contribution in [2.24, 2.45) is 0 Å². The maximum absolute atomic E-state index is 12.7. The Morgan fingerprint density at radius 3 is 2.04 bits per heavy atom. The van der Waals surface area contributed by atoms with Gasteiger partial charge in [-0.2, -0.15) is 4.31 Å². The molecule has 0 bridgehead atoms. The van der Waals surface area contributed by atoms with Crippen LogP contribution in [0.2, 0.25) is 0 Å². The van der Waals surface area contributed by atoms with Gasteiger partial charge in [0.2, 0.25) is 10.0 Å². The van der Waals surface area contributed by atoms with Crippen molar-refractivity contribution in [1.29, 1.82) is 0 Å². The molecular weight excluding hydrogens is 360 g/mol. The van der Waals surface area contributed by atoms with Gasteiger partial charge >= 0.3 is 0 Å². The van der Waals surface area contributed by atoms with Crippen molar-refractivity contribution in [2.75, 3.05) is 18.4 Å². The minimum atomic E-state index is -3.46. The lowest BCUT2D eigenvalue weighted by atomic mass is 10.0. The standard InChI is InChI=1S/C21H26N2O3S/c1-3-16-8-7-9-17(4-2)20(16)22-21(24)18-10-12-19(13-11-18)27(25,26)23-14-5-6-15-23/h7-13H,3-6,14-15H2,1-2H3,(H,22,24). The molecule has 0 spiro atoms. The molecule has 6 heteroatoms. The molecule has 0 atom stereocenters. The average Bonchev–Trinajstić information content (AvgIpc) is 3.24. The number of aryl methyl sites for hydroxylation is 2. The van der Waals surface area contributed by atoms with Crippen LogP contribution in [0.25, 0.3) is 0 Å². The summed E-state index contributed by atoms with van der Waals surface area (Å²) in [4.78, 5) is 12.9. The Labute approximate surface area is 161 Å². The fourth-order valence-corrected chi connectivity index (χ4v) is 4.96. The molecule has 1 fully saturated rings. The number of anilines is 1. The summed E-state index contributed by atoms with van der Waals surface area (Å²) >= 11 is 0. The molecule has 2 aromatic rings. The van der Waals surface area contributed by atoms with Crippen LogP contribution in [0.4, 0.5) is 5.69 Å². The minimum absolute atomic E-state index is 0.226. The maximum atomic E-state index is 12.7. The highest BCUT2D eigenvalue weighted by Gasteiger charge is 2.27. The van der Waals surface area contributed by atoms with E-state index in [4.69, 9.17) is 0 Å². The van der Waals surface area contributed by atoms with Gasteiger partial charge in [-0.15, -0.1) is 0 Å². The third kappa shape index (κ3) is 4.06. The number of benzene rings is 2. The largest absolute Gasteiger partial charge is 0.321 e. The van der Waals surface area contributed by atoms with Gasteiger partial charge in [-0.05, 0) is 61.1 Å². The first kappa shape index (κ1) is 19.6. The van der Waals surface area contributed by atoms with Crippen molar-refractivity contribution in [2.45, 2.75) is 44.4 Å². The van der Waals surface area contributed by atoms with E-state index in [2.05, 4.69) is 19.2 Å². The van der Waals surface area contributed by atoms with Crippen molar-refractivity contribution in [3.05, 3.63) is 59.2 Å². The van der Waals surface area contributed by atoms with Crippen molar-refractivity contribution in [3.8, 4) is 0 Å². The van der Waals surface area contributed by atoms with Crippen molar-refractivity contribution >= 4 is 21.6 Å². The quantitative estimate of drug-likeness (QED) is 0.820. The average molecular weight is 387 g/mol. The van der Waals surface area contributed by atoms with E-state index >= 15 is 0 Å². The van der Waals surface area contributed by atoms with Crippen LogP contribution < -0.4 is 5.32 Å². The Balaban J connectivity index is 1.81. The predicted octanol–water partition coefficient (Wildman–Crippen LogP) is 3.85. The van der Waals surface area contributed by atoms with E-state index in [9.17, 15) is 13.2 Å². The van der Waals surface area contributed by atoms with E-state index in [1.165, 1.54) is 16.4 Å². The zero-order valence-electron chi connectivity index (χ0n) is 15.9. The molecule has 5 nitrogen and oxygen atoms in total. The fourth-order valence-electron chi connectivity index (χ4n) is 3.44. The molecule has 0 aromatic heterocycles. The lowest BCUT2D eigenvalue weighted by molar-refractivity contribution is 0.102. The van der Waals surface area contributed by atoms with Crippen LogP contribution in [0, 0.1) is 0 Å². The predicted molar refractivity (Wildman–Crippen MR) is 108 cm³/mol. The van der Waals surface area contributed by atoms with E-state index < -0.39 is 10.0 Å². The van der Waals surface area contributed by atoms with E-state index in [1.54, 1.807) is 12.1 Å². The van der Waals surface area contributed by atoms with Gasteiger partial charge in [0.25, 0.3) is 5.91 Å². The van der Waals surface area contributed by atoms with E-state index in [0.29, 0.717) is 18.7 Å². The molecule has 0 unspecified atom stereocenters. The van der Waals surface area contributed by atoms with Crippen LogP contribution >= 0.6 is 0 Å². The number of carbonyl (C=O) groups excluding carboxylic acids is 1. The molecular formula is C21H26N2O3S. The van der Waals surface area contributed by atoms with Crippen LogP contribution in [0.1, 0.15) is 48.2 Å². The first-order valence-corrected chi connectivity index (χ1v) is 10.9. The topological polar surface area (TPSA) is 66.5 Å². The van der Waals surface area contributed by atoms with E-state index in [-0.39, 0.29) is 10.8 Å². The first-order chi connectivity index (χ1) is 13.0. The Kier molecular flexibility index (Phi) is 5.97. The van der Waals surface area contributed by atoms with Crippen LogP contribution in [0.15, 0.2) is 47.4 Å². The number of para-hydroxylation sites is 1. The Morgan fingerprint density at radius 2 is 1.52 bits per heavy atom. The summed E-state index contributed by atoms with van der Waals surface area (Å²) in [7, 11) is -3.46. The molecule has 144 valence electrons. The smallest absolute Gasteiger partial charge is 0.255 e. The molecule has 2 aromatic carbocycles. The molecule has 0 aliphatic carbocycles. The summed E-state index contributed by atoms with van der Waals surface area (Å²) in [6.07, 6.45) is 3.46. The van der Waals surface area contributed by atoms with Gasteiger partial charge in [0.05, 0.1) is 4.90 Å². The van der Waals surface area contributed by atoms with Gasteiger partial charge < -0.3 is 5.32 Å². The summed E-state index contributed by atoms with van der Waals surface area (Å²) < 4.78 is 26.7. The summed E-state index contributed by atoms with van der Waals surface area (Å²) in [5.41, 5.74) is 3.50. The van der Waals surface area contributed by atoms with Gasteiger partial charge in [-0.25, -0.2) is 8.42 Å². The maximum Gasteiger partial charge on any atom is 0.255 e. The second-order valence-electron chi connectivity index (χ2n) is 6.75. The lowest BCUT2D eigenvalue weighted by Crippen LogP contribution is -2.27. The SMILES string of the molecule is CCc1cccc(CC)c1NC(=O)c1ccc(S(=O)(=O)N2CCCC2)cc1. The monoisotopic (exact) mass is 386 g/mol. The van der Waals surface area contributed by atoms with Crippen LogP contribution in [0.5, 0.6) is 0 Å². The molecule has 27 heavy (non-hydrogen) atoms. The number of sulfonamides is 1. The van der Waals surface area contributed by atoms with Crippen LogP contribution in [0.3, 0.4) is 0 Å². The number of hydrogen-bond acceptors (Lipinski definition) is 3. The molecule has 1 aliphatic heterocycles. The van der Waals surface area contributed by atoms with Crippen LogP contribution in [-0.4, -0.2) is 31.7 Å².